The minimum absolute atomic E-state index is 0.0582. The molecule has 0 saturated heterocycles. The van der Waals surface area contributed by atoms with E-state index in [0.29, 0.717) is 30.0 Å². The van der Waals surface area contributed by atoms with E-state index in [1.54, 1.807) is 25.4 Å². The minimum Gasteiger partial charge on any atom is -0.497 e. The van der Waals surface area contributed by atoms with Gasteiger partial charge in [0.15, 0.2) is 5.78 Å². The fourth-order valence-corrected chi connectivity index (χ4v) is 5.75. The number of carbonyl (C=O) groups is 2. The molecule has 33 heavy (non-hydrogen) atoms. The Kier molecular flexibility index (Phi) is 5.32. The summed E-state index contributed by atoms with van der Waals surface area (Å²) in [6.07, 6.45) is 2.30. The van der Waals surface area contributed by atoms with E-state index in [0.717, 1.165) is 28.0 Å². The van der Waals surface area contributed by atoms with Gasteiger partial charge in [0, 0.05) is 18.4 Å². The summed E-state index contributed by atoms with van der Waals surface area (Å²) in [6, 6.07) is 11.7. The first kappa shape index (κ1) is 21.5. The van der Waals surface area contributed by atoms with Crippen molar-refractivity contribution < 1.29 is 18.8 Å². The van der Waals surface area contributed by atoms with E-state index < -0.39 is 5.54 Å². The number of methoxy groups -OCH3 is 1. The van der Waals surface area contributed by atoms with Gasteiger partial charge < -0.3 is 18.7 Å². The summed E-state index contributed by atoms with van der Waals surface area (Å²) in [6.45, 7) is 4.83. The number of aryl methyl sites for hydroxylation is 1. The van der Waals surface area contributed by atoms with Gasteiger partial charge in [-0.25, -0.2) is 0 Å². The number of ether oxygens (including phenoxy) is 1. The molecule has 4 heterocycles. The highest BCUT2D eigenvalue weighted by molar-refractivity contribution is 7.16. The molecule has 8 heteroatoms. The van der Waals surface area contributed by atoms with Gasteiger partial charge in [0.2, 0.25) is 0 Å². The van der Waals surface area contributed by atoms with E-state index in [9.17, 15) is 9.59 Å². The smallest absolute Gasteiger partial charge is 0.271 e. The predicted molar refractivity (Wildman–Crippen MR) is 126 cm³/mol. The molecular weight excluding hydrogens is 438 g/mol. The highest BCUT2D eigenvalue weighted by Crippen LogP contribution is 2.43. The molecule has 1 unspecified atom stereocenters. The Labute approximate surface area is 195 Å². The first-order valence-electron chi connectivity index (χ1n) is 11.0. The quantitative estimate of drug-likeness (QED) is 0.359. The fourth-order valence-electron chi connectivity index (χ4n) is 4.85. The third-order valence-corrected chi connectivity index (χ3v) is 7.43. The Bertz CT molecular complexity index is 1330. The molecule has 0 radical (unpaired) electrons. The summed E-state index contributed by atoms with van der Waals surface area (Å²) in [5, 5.41) is 6.96. The maximum Gasteiger partial charge on any atom is 0.271 e. The molecule has 0 N–H and O–H groups in total. The molecule has 0 spiro atoms. The molecule has 7 nitrogen and oxygen atoms in total. The van der Waals surface area contributed by atoms with Gasteiger partial charge >= 0.3 is 0 Å². The fraction of sp³-hybridized carbons (Fsp3) is 0.320. The molecule has 0 fully saturated rings. The zero-order valence-electron chi connectivity index (χ0n) is 18.8. The molecule has 4 aromatic rings. The lowest BCUT2D eigenvalue weighted by Gasteiger charge is -2.48. The molecule has 1 atom stereocenters. The second-order valence-corrected chi connectivity index (χ2v) is 9.32. The van der Waals surface area contributed by atoms with Crippen LogP contribution in [-0.4, -0.2) is 40.0 Å². The molecule has 1 aromatic carbocycles. The normalized spacial score (nSPS) is 18.0. The maximum absolute atomic E-state index is 13.9. The molecule has 170 valence electrons. The number of benzene rings is 1. The molecular formula is C25H25N3O4S. The number of carbonyl (C=O) groups excluding carboxylic acids is 2. The van der Waals surface area contributed by atoms with Crippen molar-refractivity contribution in [3.63, 3.8) is 0 Å². The van der Waals surface area contributed by atoms with Gasteiger partial charge in [-0.1, -0.05) is 24.2 Å². The van der Waals surface area contributed by atoms with Gasteiger partial charge in [-0.3, -0.25) is 9.59 Å². The summed E-state index contributed by atoms with van der Waals surface area (Å²) < 4.78 is 12.5. The van der Waals surface area contributed by atoms with Crippen molar-refractivity contribution in [2.24, 2.45) is 0 Å². The molecule has 3 aromatic heterocycles. The van der Waals surface area contributed by atoms with Gasteiger partial charge in [0.1, 0.15) is 22.5 Å². The van der Waals surface area contributed by atoms with Crippen molar-refractivity contribution in [2.45, 2.75) is 38.8 Å². The van der Waals surface area contributed by atoms with Crippen LogP contribution in [0, 0.1) is 6.92 Å². The SMILES string of the molecule is CCCN1C(=O)c2cc3ccsc3n2CC1(CC(=O)c1conc1C)c1ccc(OC)cc1. The Morgan fingerprint density at radius 2 is 2.06 bits per heavy atom. The summed E-state index contributed by atoms with van der Waals surface area (Å²) >= 11 is 1.61. The molecule has 5 rings (SSSR count). The summed E-state index contributed by atoms with van der Waals surface area (Å²) in [7, 11) is 1.62. The minimum atomic E-state index is -0.858. The van der Waals surface area contributed by atoms with E-state index in [2.05, 4.69) is 9.72 Å². The number of ketones is 1. The Morgan fingerprint density at radius 1 is 1.27 bits per heavy atom. The molecule has 1 aliphatic heterocycles. The first-order valence-corrected chi connectivity index (χ1v) is 11.8. The van der Waals surface area contributed by atoms with Crippen molar-refractivity contribution in [1.29, 1.82) is 0 Å². The molecule has 1 aliphatic rings. The van der Waals surface area contributed by atoms with Crippen molar-refractivity contribution in [3.8, 4) is 5.75 Å². The number of nitrogens with zero attached hydrogens (tertiary/aromatic N) is 3. The monoisotopic (exact) mass is 463 g/mol. The van der Waals surface area contributed by atoms with E-state index in [4.69, 9.17) is 9.26 Å². The number of hydrogen-bond acceptors (Lipinski definition) is 6. The third kappa shape index (κ3) is 3.36. The van der Waals surface area contributed by atoms with Crippen LogP contribution in [0.3, 0.4) is 0 Å². The average molecular weight is 464 g/mol. The van der Waals surface area contributed by atoms with Crippen LogP contribution < -0.4 is 4.74 Å². The van der Waals surface area contributed by atoms with E-state index in [-0.39, 0.29) is 18.1 Å². The van der Waals surface area contributed by atoms with Crippen LogP contribution in [0.15, 0.2) is 52.6 Å². The summed E-state index contributed by atoms with van der Waals surface area (Å²) in [5.41, 5.74) is 1.71. The number of thiophene rings is 1. The van der Waals surface area contributed by atoms with E-state index in [1.807, 2.05) is 53.6 Å². The summed E-state index contributed by atoms with van der Waals surface area (Å²) in [5.74, 6) is 0.565. The average Bonchev–Trinajstić information content (AvgIpc) is 3.53. The second-order valence-electron chi connectivity index (χ2n) is 8.43. The Hall–Kier alpha value is -3.39. The number of Topliss-reactive ketones (excluding diaryl/α,β-unsaturated/α-hetero) is 1. The Balaban J connectivity index is 1.71. The van der Waals surface area contributed by atoms with Gasteiger partial charge in [0.25, 0.3) is 5.91 Å². The lowest BCUT2D eigenvalue weighted by Crippen LogP contribution is -2.57. The Morgan fingerprint density at radius 3 is 2.73 bits per heavy atom. The second kappa shape index (κ2) is 8.19. The largest absolute Gasteiger partial charge is 0.497 e. The standard InChI is InChI=1S/C25H25N3O4S/c1-4-10-28-23(30)21-12-17-9-11-33-24(17)27(21)15-25(28,18-5-7-19(31-3)8-6-18)13-22(29)20-14-32-26-16(20)2/h5-9,11-12,14H,4,10,13,15H2,1-3H3. The van der Waals surface area contributed by atoms with Gasteiger partial charge in [0.05, 0.1) is 30.5 Å². The van der Waals surface area contributed by atoms with Gasteiger partial charge in [-0.15, -0.1) is 11.3 Å². The highest BCUT2D eigenvalue weighted by atomic mass is 32.1. The number of rotatable bonds is 7. The molecule has 0 saturated carbocycles. The number of amides is 1. The molecule has 1 amide bonds. The highest BCUT2D eigenvalue weighted by Gasteiger charge is 2.48. The van der Waals surface area contributed by atoms with Crippen molar-refractivity contribution >= 4 is 33.2 Å². The topological polar surface area (TPSA) is 77.6 Å². The maximum atomic E-state index is 13.9. The van der Waals surface area contributed by atoms with Crippen LogP contribution in [0.2, 0.25) is 0 Å². The van der Waals surface area contributed by atoms with Crippen LogP contribution in [-0.2, 0) is 12.1 Å². The van der Waals surface area contributed by atoms with Crippen molar-refractivity contribution in [2.75, 3.05) is 13.7 Å². The van der Waals surface area contributed by atoms with E-state index >= 15 is 0 Å². The lowest BCUT2D eigenvalue weighted by atomic mass is 9.80. The summed E-state index contributed by atoms with van der Waals surface area (Å²) in [4.78, 5) is 30.3. The van der Waals surface area contributed by atoms with Crippen molar-refractivity contribution in [3.05, 3.63) is 70.6 Å². The zero-order valence-corrected chi connectivity index (χ0v) is 19.6. The van der Waals surface area contributed by atoms with Crippen LogP contribution >= 0.6 is 11.3 Å². The third-order valence-electron chi connectivity index (χ3n) is 6.48. The lowest BCUT2D eigenvalue weighted by molar-refractivity contribution is 0.0261. The predicted octanol–water partition coefficient (Wildman–Crippen LogP) is 5.04. The molecule has 0 aliphatic carbocycles. The van der Waals surface area contributed by atoms with Crippen LogP contribution in [0.1, 0.15) is 51.9 Å². The van der Waals surface area contributed by atoms with Crippen LogP contribution in [0.25, 0.3) is 10.2 Å². The van der Waals surface area contributed by atoms with Crippen LogP contribution in [0.4, 0.5) is 0 Å². The number of fused-ring (bicyclic) bond motifs is 3. The van der Waals surface area contributed by atoms with Gasteiger partial charge in [-0.2, -0.15) is 0 Å². The first-order chi connectivity index (χ1) is 16.0. The van der Waals surface area contributed by atoms with Crippen molar-refractivity contribution in [1.82, 2.24) is 14.6 Å². The molecule has 0 bridgehead atoms. The zero-order chi connectivity index (χ0) is 23.2. The number of aromatic nitrogens is 2. The van der Waals surface area contributed by atoms with E-state index in [1.165, 1.54) is 6.26 Å². The van der Waals surface area contributed by atoms with Crippen LogP contribution in [0.5, 0.6) is 5.75 Å². The van der Waals surface area contributed by atoms with Gasteiger partial charge in [-0.05, 0) is 48.6 Å². The number of hydrogen-bond donors (Lipinski definition) is 0.